The SMILES string of the molecule is CC12CC(c3cn4cc(CC(=O)c5cccc(C(F)F)n5)[nH]c(=O)c4n3)(CO1)C2. The van der Waals surface area contributed by atoms with Crippen molar-refractivity contribution in [2.24, 2.45) is 0 Å². The van der Waals surface area contributed by atoms with Crippen LogP contribution in [0.4, 0.5) is 8.78 Å². The van der Waals surface area contributed by atoms with Crippen LogP contribution in [0.1, 0.15) is 53.8 Å². The van der Waals surface area contributed by atoms with E-state index in [1.54, 1.807) is 10.6 Å². The number of ether oxygens (including phenoxy) is 1. The van der Waals surface area contributed by atoms with E-state index in [1.807, 2.05) is 6.20 Å². The largest absolute Gasteiger partial charge is 0.374 e. The molecule has 2 saturated heterocycles. The number of H-pyrrole nitrogens is 1. The number of hydrogen-bond donors (Lipinski definition) is 1. The predicted octanol–water partition coefficient (Wildman–Crippen LogP) is 2.60. The number of aromatic nitrogens is 4. The molecule has 0 atom stereocenters. The van der Waals surface area contributed by atoms with Crippen LogP contribution in [0.3, 0.4) is 0 Å². The third kappa shape index (κ3) is 2.88. The lowest BCUT2D eigenvalue weighted by Crippen LogP contribution is -2.45. The predicted molar refractivity (Wildman–Crippen MR) is 98.3 cm³/mol. The zero-order chi connectivity index (χ0) is 20.4. The van der Waals surface area contributed by atoms with Crippen LogP contribution < -0.4 is 5.56 Å². The molecule has 3 aliphatic rings. The third-order valence-corrected chi connectivity index (χ3v) is 5.80. The summed E-state index contributed by atoms with van der Waals surface area (Å²) in [7, 11) is 0. The summed E-state index contributed by atoms with van der Waals surface area (Å²) >= 11 is 0. The van der Waals surface area contributed by atoms with Gasteiger partial charge in [0.2, 0.25) is 5.65 Å². The van der Waals surface area contributed by atoms with Gasteiger partial charge in [-0.3, -0.25) is 9.59 Å². The van der Waals surface area contributed by atoms with Gasteiger partial charge in [-0.05, 0) is 31.9 Å². The van der Waals surface area contributed by atoms with Crippen LogP contribution in [-0.2, 0) is 16.6 Å². The molecule has 150 valence electrons. The molecule has 1 saturated carbocycles. The number of ketones is 1. The summed E-state index contributed by atoms with van der Waals surface area (Å²) in [6, 6.07) is 3.91. The molecule has 0 unspecified atom stereocenters. The van der Waals surface area contributed by atoms with Gasteiger partial charge in [0.15, 0.2) is 5.78 Å². The van der Waals surface area contributed by atoms with Gasteiger partial charge in [0, 0.05) is 23.5 Å². The standard InChI is InChI=1S/C20H18F2N4O3/c1-19-8-20(9-19,10-29-19)15-7-26-6-11(23-18(28)17(26)25-15)5-14(27)12-3-2-4-13(24-12)16(21)22/h2-4,6-7,16H,5,8-10H2,1H3,(H,23,28). The Hall–Kier alpha value is -2.94. The highest BCUT2D eigenvalue weighted by molar-refractivity contribution is 5.95. The Balaban J connectivity index is 1.43. The lowest BCUT2D eigenvalue weighted by atomic mass is 9.62. The first-order chi connectivity index (χ1) is 13.8. The molecule has 1 N–H and O–H groups in total. The first kappa shape index (κ1) is 18.1. The van der Waals surface area contributed by atoms with Gasteiger partial charge >= 0.3 is 0 Å². The molecule has 3 aromatic rings. The average Bonchev–Trinajstić information content (AvgIpc) is 3.33. The highest BCUT2D eigenvalue weighted by atomic mass is 19.3. The Kier molecular flexibility index (Phi) is 3.76. The van der Waals surface area contributed by atoms with Crippen molar-refractivity contribution in [2.45, 2.75) is 43.6 Å². The summed E-state index contributed by atoms with van der Waals surface area (Å²) in [4.78, 5) is 35.8. The second kappa shape index (κ2) is 6.03. The minimum Gasteiger partial charge on any atom is -0.374 e. The second-order valence-electron chi connectivity index (χ2n) is 8.19. The molecule has 29 heavy (non-hydrogen) atoms. The maximum Gasteiger partial charge on any atom is 0.291 e. The Labute approximate surface area is 163 Å². The molecule has 2 bridgehead atoms. The Morgan fingerprint density at radius 1 is 1.31 bits per heavy atom. The van der Waals surface area contributed by atoms with E-state index in [2.05, 4.69) is 21.9 Å². The number of fused-ring (bicyclic) bond motifs is 2. The quantitative estimate of drug-likeness (QED) is 0.665. The highest BCUT2D eigenvalue weighted by Crippen LogP contribution is 2.58. The third-order valence-electron chi connectivity index (χ3n) is 5.80. The monoisotopic (exact) mass is 400 g/mol. The van der Waals surface area contributed by atoms with Gasteiger partial charge in [-0.1, -0.05) is 6.07 Å². The molecule has 9 heteroatoms. The second-order valence-corrected chi connectivity index (χ2v) is 8.19. The number of alkyl halides is 2. The first-order valence-corrected chi connectivity index (χ1v) is 9.31. The molecule has 0 spiro atoms. The van der Waals surface area contributed by atoms with Crippen molar-refractivity contribution in [1.82, 2.24) is 19.4 Å². The van der Waals surface area contributed by atoms with Gasteiger partial charge in [-0.15, -0.1) is 0 Å². The number of hydrogen-bond acceptors (Lipinski definition) is 5. The van der Waals surface area contributed by atoms with Gasteiger partial charge in [-0.2, -0.15) is 0 Å². The maximum absolute atomic E-state index is 12.8. The molecule has 0 aromatic carbocycles. The van der Waals surface area contributed by atoms with E-state index in [4.69, 9.17) is 4.74 Å². The van der Waals surface area contributed by atoms with Gasteiger partial charge in [0.05, 0.1) is 24.3 Å². The Morgan fingerprint density at radius 3 is 2.79 bits per heavy atom. The Morgan fingerprint density at radius 2 is 2.10 bits per heavy atom. The minimum atomic E-state index is -2.75. The molecule has 0 radical (unpaired) electrons. The van der Waals surface area contributed by atoms with Crippen LogP contribution in [0.2, 0.25) is 0 Å². The molecule has 0 amide bonds. The number of pyridine rings is 1. The summed E-state index contributed by atoms with van der Waals surface area (Å²) in [5.41, 5.74) is 0.252. The molecule has 7 nitrogen and oxygen atoms in total. The number of imidazole rings is 1. The lowest BCUT2D eigenvalue weighted by Gasteiger charge is -2.41. The molecule has 3 aromatic heterocycles. The highest BCUT2D eigenvalue weighted by Gasteiger charge is 2.61. The van der Waals surface area contributed by atoms with Crippen LogP contribution in [0.5, 0.6) is 0 Å². The number of carbonyl (C=O) groups is 1. The number of rotatable bonds is 5. The van der Waals surface area contributed by atoms with Gasteiger partial charge in [0.1, 0.15) is 11.4 Å². The van der Waals surface area contributed by atoms with Crippen molar-refractivity contribution in [3.8, 4) is 0 Å². The number of Topliss-reactive ketones (excluding diaryl/α,β-unsaturated/α-hetero) is 1. The van der Waals surface area contributed by atoms with E-state index in [0.717, 1.165) is 18.5 Å². The van der Waals surface area contributed by atoms with Gasteiger partial charge < -0.3 is 14.1 Å². The van der Waals surface area contributed by atoms with Crippen molar-refractivity contribution in [1.29, 1.82) is 0 Å². The van der Waals surface area contributed by atoms with Crippen LogP contribution >= 0.6 is 0 Å². The molecular formula is C20H18F2N4O3. The normalized spacial score (nSPS) is 25.5. The molecule has 6 rings (SSSR count). The summed E-state index contributed by atoms with van der Waals surface area (Å²) in [6.45, 7) is 2.66. The molecule has 1 aliphatic carbocycles. The number of carbonyl (C=O) groups excluding carboxylic acids is 1. The van der Waals surface area contributed by atoms with E-state index in [1.165, 1.54) is 18.2 Å². The van der Waals surface area contributed by atoms with Gasteiger partial charge in [-0.25, -0.2) is 18.7 Å². The average molecular weight is 400 g/mol. The zero-order valence-corrected chi connectivity index (χ0v) is 15.6. The number of halogens is 2. The molecule has 2 aliphatic heterocycles. The molecule has 5 heterocycles. The summed E-state index contributed by atoms with van der Waals surface area (Å²) < 4.78 is 33.0. The number of nitrogens with one attached hydrogen (secondary N) is 1. The van der Waals surface area contributed by atoms with E-state index < -0.39 is 23.5 Å². The number of nitrogens with zero attached hydrogens (tertiary/aromatic N) is 3. The van der Waals surface area contributed by atoms with Crippen LogP contribution in [0.25, 0.3) is 5.65 Å². The fourth-order valence-corrected chi connectivity index (χ4v) is 4.55. The minimum absolute atomic E-state index is 0.0641. The summed E-state index contributed by atoms with van der Waals surface area (Å²) in [5, 5.41) is 0. The Bertz CT molecular complexity index is 1190. The van der Waals surface area contributed by atoms with Crippen molar-refractivity contribution < 1.29 is 18.3 Å². The van der Waals surface area contributed by atoms with E-state index in [-0.39, 0.29) is 28.8 Å². The first-order valence-electron chi connectivity index (χ1n) is 9.31. The van der Waals surface area contributed by atoms with Crippen molar-refractivity contribution in [3.05, 3.63) is 63.7 Å². The van der Waals surface area contributed by atoms with Crippen molar-refractivity contribution >= 4 is 11.4 Å². The fourth-order valence-electron chi connectivity index (χ4n) is 4.55. The molecule has 3 fully saturated rings. The molecular weight excluding hydrogens is 382 g/mol. The van der Waals surface area contributed by atoms with Crippen LogP contribution in [0.15, 0.2) is 35.4 Å². The smallest absolute Gasteiger partial charge is 0.291 e. The van der Waals surface area contributed by atoms with Crippen LogP contribution in [0, 0.1) is 0 Å². The number of aromatic amines is 1. The fraction of sp³-hybridized carbons (Fsp3) is 0.400. The van der Waals surface area contributed by atoms with Crippen LogP contribution in [-0.4, -0.2) is 37.3 Å². The maximum atomic E-state index is 12.8. The zero-order valence-electron chi connectivity index (χ0n) is 15.6. The summed E-state index contributed by atoms with van der Waals surface area (Å²) in [6.07, 6.45) is 2.27. The summed E-state index contributed by atoms with van der Waals surface area (Å²) in [5.74, 6) is -0.458. The van der Waals surface area contributed by atoms with E-state index in [9.17, 15) is 18.4 Å². The van der Waals surface area contributed by atoms with E-state index >= 15 is 0 Å². The lowest BCUT2D eigenvalue weighted by molar-refractivity contribution is 0.0154. The topological polar surface area (TPSA) is 89.4 Å². The van der Waals surface area contributed by atoms with Gasteiger partial charge in [0.25, 0.3) is 12.0 Å². The van der Waals surface area contributed by atoms with Crippen molar-refractivity contribution in [2.75, 3.05) is 6.61 Å². The van der Waals surface area contributed by atoms with E-state index in [0.29, 0.717) is 12.3 Å². The van der Waals surface area contributed by atoms with Crippen molar-refractivity contribution in [3.63, 3.8) is 0 Å².